The zero-order valence-electron chi connectivity index (χ0n) is 19.0. The molecule has 1 N–H and O–H groups in total. The molecule has 10 nitrogen and oxygen atoms in total. The average Bonchev–Trinajstić information content (AvgIpc) is 3.26. The number of nitrogens with one attached hydrogen (secondary N) is 1. The summed E-state index contributed by atoms with van der Waals surface area (Å²) in [7, 11) is 3.06. The number of fused-ring (bicyclic) bond motifs is 1. The summed E-state index contributed by atoms with van der Waals surface area (Å²) in [6.07, 6.45) is 1.80. The first-order valence-corrected chi connectivity index (χ1v) is 11.8. The zero-order chi connectivity index (χ0) is 23.2. The van der Waals surface area contributed by atoms with E-state index in [1.165, 1.54) is 7.11 Å². The van der Waals surface area contributed by atoms with Gasteiger partial charge in [-0.05, 0) is 17.9 Å². The summed E-state index contributed by atoms with van der Waals surface area (Å²) in [5, 5.41) is 9.09. The van der Waals surface area contributed by atoms with Crippen LogP contribution in [0, 0.1) is 0 Å². The average molecular weight is 473 g/mol. The van der Waals surface area contributed by atoms with Gasteiger partial charge in [-0.3, -0.25) is 4.79 Å². The number of aromatic nitrogens is 4. The Bertz CT molecular complexity index is 1120. The van der Waals surface area contributed by atoms with Gasteiger partial charge in [0.15, 0.2) is 22.3 Å². The van der Waals surface area contributed by atoms with Crippen LogP contribution in [0.15, 0.2) is 29.6 Å². The van der Waals surface area contributed by atoms with Gasteiger partial charge in [0.1, 0.15) is 5.82 Å². The molecule has 2 aromatic heterocycles. The number of ether oxygens (including phenoxy) is 3. The predicted octanol–water partition coefficient (Wildman–Crippen LogP) is 2.22. The Morgan fingerprint density at radius 1 is 1.21 bits per heavy atom. The number of morpholine rings is 1. The van der Waals surface area contributed by atoms with E-state index < -0.39 is 0 Å². The highest BCUT2D eigenvalue weighted by molar-refractivity contribution is 7.99. The smallest absolute Gasteiger partial charge is 0.255 e. The van der Waals surface area contributed by atoms with Gasteiger partial charge in [0.05, 0.1) is 51.1 Å². The number of methoxy groups -OCH3 is 2. The van der Waals surface area contributed by atoms with Gasteiger partial charge in [0.2, 0.25) is 0 Å². The molecule has 33 heavy (non-hydrogen) atoms. The third kappa shape index (κ3) is 4.98. The Balaban J connectivity index is 1.52. The van der Waals surface area contributed by atoms with Gasteiger partial charge >= 0.3 is 0 Å². The Kier molecular flexibility index (Phi) is 7.50. The van der Waals surface area contributed by atoms with Crippen LogP contribution in [-0.2, 0) is 11.3 Å². The molecular formula is C22H28N6O4S. The molecule has 3 aromatic rings. The molecule has 0 atom stereocenters. The van der Waals surface area contributed by atoms with Gasteiger partial charge in [-0.15, -0.1) is 0 Å². The summed E-state index contributed by atoms with van der Waals surface area (Å²) in [5.74, 6) is 2.44. The number of amides is 1. The number of carbonyl (C=O) groups excluding carboxylic acids is 1. The second kappa shape index (κ2) is 10.7. The lowest BCUT2D eigenvalue weighted by Gasteiger charge is -2.28. The van der Waals surface area contributed by atoms with Gasteiger partial charge < -0.3 is 24.4 Å². The van der Waals surface area contributed by atoms with Crippen LogP contribution in [0.4, 0.5) is 5.82 Å². The standard InChI is InChI=1S/C22H28N6O4S/c1-4-33-22-25-19(27-10-12-32-13-11-27)16-14-24-28(20(16)26-22)9-8-23-21(29)15-6-5-7-17(30-2)18(15)31-3/h5-7,14H,4,8-13H2,1-3H3,(H,23,29). The molecule has 4 rings (SSSR count). The third-order valence-corrected chi connectivity index (χ3v) is 6.03. The molecule has 3 heterocycles. The molecule has 0 saturated carbocycles. The second-order valence-corrected chi connectivity index (χ2v) is 8.50. The summed E-state index contributed by atoms with van der Waals surface area (Å²) in [6, 6.07) is 5.22. The molecule has 11 heteroatoms. The van der Waals surface area contributed by atoms with Crippen molar-refractivity contribution in [2.45, 2.75) is 18.6 Å². The highest BCUT2D eigenvalue weighted by atomic mass is 32.2. The lowest BCUT2D eigenvalue weighted by atomic mass is 10.1. The van der Waals surface area contributed by atoms with E-state index >= 15 is 0 Å². The number of hydrogen-bond acceptors (Lipinski definition) is 9. The molecule has 0 aliphatic carbocycles. The number of benzene rings is 1. The quantitative estimate of drug-likeness (QED) is 0.371. The first-order valence-electron chi connectivity index (χ1n) is 10.8. The molecule has 0 unspecified atom stereocenters. The van der Waals surface area contributed by atoms with Crippen LogP contribution in [0.25, 0.3) is 11.0 Å². The molecule has 1 fully saturated rings. The van der Waals surface area contributed by atoms with E-state index in [0.29, 0.717) is 43.4 Å². The molecule has 1 aromatic carbocycles. The van der Waals surface area contributed by atoms with Crippen LogP contribution >= 0.6 is 11.8 Å². The van der Waals surface area contributed by atoms with Crippen molar-refractivity contribution in [3.05, 3.63) is 30.0 Å². The molecule has 1 aliphatic rings. The monoisotopic (exact) mass is 472 g/mol. The topological polar surface area (TPSA) is 104 Å². The van der Waals surface area contributed by atoms with Gasteiger partial charge in [-0.2, -0.15) is 5.10 Å². The van der Waals surface area contributed by atoms with Crippen molar-refractivity contribution >= 4 is 34.5 Å². The maximum atomic E-state index is 12.8. The maximum absolute atomic E-state index is 12.8. The van der Waals surface area contributed by atoms with Crippen LogP contribution in [-0.4, -0.2) is 78.5 Å². The van der Waals surface area contributed by atoms with Crippen LogP contribution in [0.5, 0.6) is 11.5 Å². The Morgan fingerprint density at radius 3 is 2.76 bits per heavy atom. The predicted molar refractivity (Wildman–Crippen MR) is 127 cm³/mol. The van der Waals surface area contributed by atoms with Gasteiger partial charge in [-0.25, -0.2) is 14.6 Å². The van der Waals surface area contributed by atoms with E-state index in [-0.39, 0.29) is 5.91 Å². The van der Waals surface area contributed by atoms with Crippen molar-refractivity contribution in [1.29, 1.82) is 0 Å². The summed E-state index contributed by atoms with van der Waals surface area (Å²) in [6.45, 7) is 5.84. The van der Waals surface area contributed by atoms with Crippen molar-refractivity contribution < 1.29 is 19.0 Å². The largest absolute Gasteiger partial charge is 0.493 e. The second-order valence-electron chi connectivity index (χ2n) is 7.26. The zero-order valence-corrected chi connectivity index (χ0v) is 19.9. The van der Waals surface area contributed by atoms with E-state index in [9.17, 15) is 4.79 Å². The first kappa shape index (κ1) is 23.1. The van der Waals surface area contributed by atoms with Crippen molar-refractivity contribution in [2.24, 2.45) is 0 Å². The van der Waals surface area contributed by atoms with Crippen molar-refractivity contribution in [1.82, 2.24) is 25.1 Å². The molecule has 1 aliphatic heterocycles. The molecular weight excluding hydrogens is 444 g/mol. The highest BCUT2D eigenvalue weighted by Gasteiger charge is 2.21. The van der Waals surface area contributed by atoms with Crippen LogP contribution in [0.3, 0.4) is 0 Å². The Hall–Kier alpha value is -3.05. The number of anilines is 1. The summed E-state index contributed by atoms with van der Waals surface area (Å²) in [4.78, 5) is 24.5. The first-order chi connectivity index (χ1) is 16.2. The van der Waals surface area contributed by atoms with E-state index in [1.807, 2.05) is 4.68 Å². The summed E-state index contributed by atoms with van der Waals surface area (Å²) >= 11 is 1.60. The van der Waals surface area contributed by atoms with Crippen LogP contribution in [0.2, 0.25) is 0 Å². The molecule has 176 valence electrons. The van der Waals surface area contributed by atoms with Gasteiger partial charge in [0.25, 0.3) is 5.91 Å². The van der Waals surface area contributed by atoms with Crippen molar-refractivity contribution in [3.63, 3.8) is 0 Å². The number of carbonyl (C=O) groups is 1. The lowest BCUT2D eigenvalue weighted by molar-refractivity contribution is 0.0948. The summed E-state index contributed by atoms with van der Waals surface area (Å²) in [5.41, 5.74) is 1.18. The normalized spacial score (nSPS) is 13.8. The molecule has 0 spiro atoms. The summed E-state index contributed by atoms with van der Waals surface area (Å²) < 4.78 is 18.0. The molecule has 0 bridgehead atoms. The fourth-order valence-corrected chi connectivity index (χ4v) is 4.29. The Morgan fingerprint density at radius 2 is 2.03 bits per heavy atom. The van der Waals surface area contributed by atoms with E-state index in [2.05, 4.69) is 22.2 Å². The minimum absolute atomic E-state index is 0.243. The number of para-hydroxylation sites is 1. The minimum Gasteiger partial charge on any atom is -0.493 e. The van der Waals surface area contributed by atoms with E-state index in [4.69, 9.17) is 24.2 Å². The number of rotatable bonds is 9. The maximum Gasteiger partial charge on any atom is 0.255 e. The molecule has 1 amide bonds. The van der Waals surface area contributed by atoms with E-state index in [1.54, 1.807) is 43.3 Å². The Labute approximate surface area is 196 Å². The minimum atomic E-state index is -0.243. The van der Waals surface area contributed by atoms with Gasteiger partial charge in [-0.1, -0.05) is 24.8 Å². The fraction of sp³-hybridized carbons (Fsp3) is 0.455. The van der Waals surface area contributed by atoms with Crippen molar-refractivity contribution in [2.75, 3.05) is 57.7 Å². The third-order valence-electron chi connectivity index (χ3n) is 5.30. The molecule has 1 saturated heterocycles. The highest BCUT2D eigenvalue weighted by Crippen LogP contribution is 2.31. The van der Waals surface area contributed by atoms with Crippen LogP contribution < -0.4 is 19.7 Å². The number of nitrogens with zero attached hydrogens (tertiary/aromatic N) is 5. The SMILES string of the molecule is CCSc1nc(N2CCOCC2)c2cnn(CCNC(=O)c3cccc(OC)c3OC)c2n1. The number of hydrogen-bond donors (Lipinski definition) is 1. The van der Waals surface area contributed by atoms with Crippen LogP contribution in [0.1, 0.15) is 17.3 Å². The van der Waals surface area contributed by atoms with Gasteiger partial charge in [0, 0.05) is 19.6 Å². The molecule has 0 radical (unpaired) electrons. The lowest BCUT2D eigenvalue weighted by Crippen LogP contribution is -2.37. The number of thioether (sulfide) groups is 1. The fourth-order valence-electron chi connectivity index (χ4n) is 3.73. The van der Waals surface area contributed by atoms with Crippen molar-refractivity contribution in [3.8, 4) is 11.5 Å². The van der Waals surface area contributed by atoms with E-state index in [0.717, 1.165) is 40.9 Å².